The fourth-order valence-electron chi connectivity index (χ4n) is 4.75. The summed E-state index contributed by atoms with van der Waals surface area (Å²) in [5.41, 5.74) is 4.85. The predicted molar refractivity (Wildman–Crippen MR) is 122 cm³/mol. The number of rotatable bonds is 7. The number of nitrogens with one attached hydrogen (secondary N) is 1. The number of anilines is 1. The van der Waals surface area contributed by atoms with Gasteiger partial charge < -0.3 is 24.5 Å². The second-order valence-corrected chi connectivity index (χ2v) is 8.16. The zero-order valence-corrected chi connectivity index (χ0v) is 18.4. The molecule has 1 aromatic heterocycles. The van der Waals surface area contributed by atoms with E-state index in [1.807, 2.05) is 25.3 Å². The fourth-order valence-corrected chi connectivity index (χ4v) is 4.75. The number of hydrogen-bond donors (Lipinski definition) is 2. The number of aromatic amines is 1. The van der Waals surface area contributed by atoms with Crippen LogP contribution in [-0.2, 0) is 11.2 Å². The number of piperidine rings is 1. The van der Waals surface area contributed by atoms with Crippen molar-refractivity contribution >= 4 is 22.6 Å². The third-order valence-electron chi connectivity index (χ3n) is 6.28. The number of aromatic carboxylic acids is 1. The minimum absolute atomic E-state index is 0.174. The summed E-state index contributed by atoms with van der Waals surface area (Å²) in [6.45, 7) is 5.60. The zero-order valence-electron chi connectivity index (χ0n) is 18.4. The van der Waals surface area contributed by atoms with Crippen LogP contribution in [-0.4, -0.2) is 48.5 Å². The van der Waals surface area contributed by atoms with Crippen molar-refractivity contribution in [3.63, 3.8) is 0 Å². The molecule has 2 aromatic carbocycles. The van der Waals surface area contributed by atoms with Gasteiger partial charge in [0.25, 0.3) is 0 Å². The molecule has 1 saturated heterocycles. The maximum Gasteiger partial charge on any atom is 0.335 e. The highest BCUT2D eigenvalue weighted by Gasteiger charge is 2.30. The van der Waals surface area contributed by atoms with E-state index >= 15 is 0 Å². The minimum Gasteiger partial charge on any atom is -0.496 e. The molecule has 2 heterocycles. The van der Waals surface area contributed by atoms with Crippen molar-refractivity contribution in [2.24, 2.45) is 0 Å². The normalized spacial score (nSPS) is 19.0. The molecule has 6 nitrogen and oxygen atoms in total. The molecule has 0 amide bonds. The summed E-state index contributed by atoms with van der Waals surface area (Å²) in [7, 11) is 1.73. The van der Waals surface area contributed by atoms with E-state index in [9.17, 15) is 9.90 Å². The molecule has 1 aliphatic heterocycles. The lowest BCUT2D eigenvalue weighted by Crippen LogP contribution is -2.47. The van der Waals surface area contributed by atoms with Crippen LogP contribution in [0.4, 0.5) is 5.69 Å². The lowest BCUT2D eigenvalue weighted by molar-refractivity contribution is 0.0465. The Morgan fingerprint density at radius 2 is 2.00 bits per heavy atom. The second kappa shape index (κ2) is 9.02. The maximum absolute atomic E-state index is 11.3. The molecule has 0 spiro atoms. The third kappa shape index (κ3) is 4.26. The Hall–Kier alpha value is -2.99. The summed E-state index contributed by atoms with van der Waals surface area (Å²) in [6, 6.07) is 11.7. The molecule has 0 saturated carbocycles. The van der Waals surface area contributed by atoms with Crippen LogP contribution in [0.2, 0.25) is 0 Å². The van der Waals surface area contributed by atoms with Crippen LogP contribution in [0.1, 0.15) is 41.3 Å². The highest BCUT2D eigenvalue weighted by atomic mass is 16.5. The van der Waals surface area contributed by atoms with E-state index in [0.29, 0.717) is 12.2 Å². The van der Waals surface area contributed by atoms with Gasteiger partial charge in [-0.15, -0.1) is 0 Å². The Bertz CT molecular complexity index is 1060. The number of ether oxygens (including phenoxy) is 2. The Balaban J connectivity index is 1.69. The van der Waals surface area contributed by atoms with Crippen molar-refractivity contribution < 1.29 is 19.4 Å². The number of methoxy groups -OCH3 is 1. The molecular formula is C25H30N2O4. The van der Waals surface area contributed by atoms with Crippen LogP contribution in [0.25, 0.3) is 10.9 Å². The third-order valence-corrected chi connectivity index (χ3v) is 6.28. The maximum atomic E-state index is 11.3. The summed E-state index contributed by atoms with van der Waals surface area (Å²) in [4.78, 5) is 17.0. The van der Waals surface area contributed by atoms with Gasteiger partial charge in [-0.1, -0.05) is 0 Å². The number of carboxylic acids is 1. The Kier molecular flexibility index (Phi) is 6.18. The molecule has 0 bridgehead atoms. The van der Waals surface area contributed by atoms with Gasteiger partial charge in [0, 0.05) is 47.5 Å². The van der Waals surface area contributed by atoms with E-state index in [-0.39, 0.29) is 12.1 Å². The van der Waals surface area contributed by atoms with Gasteiger partial charge in [-0.2, -0.15) is 0 Å². The SMILES string of the molecule is CCO[C@H]1CC[C@H](Cc2c(OC)cc(C)c3[nH]ccc23)N(c2ccc(C(=O)O)cc2)C1. The molecule has 4 rings (SSSR count). The van der Waals surface area contributed by atoms with Crippen molar-refractivity contribution in [1.29, 1.82) is 0 Å². The lowest BCUT2D eigenvalue weighted by atomic mass is 9.91. The van der Waals surface area contributed by atoms with Gasteiger partial charge >= 0.3 is 5.97 Å². The standard InChI is InChI=1S/C25H30N2O4/c1-4-31-20-10-9-19(27(15-20)18-7-5-17(6-8-18)25(28)29)14-22-21-11-12-26-24(21)16(2)13-23(22)30-3/h5-8,11-13,19-20,26H,4,9-10,14-15H2,1-3H3,(H,28,29)/t19-,20+/m1/s1. The molecule has 0 aliphatic carbocycles. The number of carboxylic acid groups (broad SMARTS) is 1. The molecule has 2 atom stereocenters. The molecule has 164 valence electrons. The largest absolute Gasteiger partial charge is 0.496 e. The number of nitrogens with zero attached hydrogens (tertiary/aromatic N) is 1. The van der Waals surface area contributed by atoms with E-state index in [2.05, 4.69) is 28.9 Å². The van der Waals surface area contributed by atoms with Gasteiger partial charge in [0.2, 0.25) is 0 Å². The van der Waals surface area contributed by atoms with Crippen LogP contribution in [0.15, 0.2) is 42.6 Å². The lowest BCUT2D eigenvalue weighted by Gasteiger charge is -2.41. The first-order valence-electron chi connectivity index (χ1n) is 10.9. The van der Waals surface area contributed by atoms with Crippen molar-refractivity contribution in [3.8, 4) is 5.75 Å². The van der Waals surface area contributed by atoms with Crippen LogP contribution < -0.4 is 9.64 Å². The van der Waals surface area contributed by atoms with Crippen molar-refractivity contribution in [1.82, 2.24) is 4.98 Å². The highest BCUT2D eigenvalue weighted by Crippen LogP contribution is 2.35. The molecule has 3 aromatic rings. The topological polar surface area (TPSA) is 74.8 Å². The predicted octanol–water partition coefficient (Wildman–Crippen LogP) is 4.80. The zero-order chi connectivity index (χ0) is 22.0. The molecule has 0 unspecified atom stereocenters. The van der Waals surface area contributed by atoms with E-state index in [4.69, 9.17) is 9.47 Å². The number of carbonyl (C=O) groups is 1. The summed E-state index contributed by atoms with van der Waals surface area (Å²) in [5, 5.41) is 10.5. The second-order valence-electron chi connectivity index (χ2n) is 8.16. The molecular weight excluding hydrogens is 392 g/mol. The first-order valence-corrected chi connectivity index (χ1v) is 10.9. The van der Waals surface area contributed by atoms with Crippen molar-refractivity contribution in [2.45, 2.75) is 45.3 Å². The first kappa shape index (κ1) is 21.2. The van der Waals surface area contributed by atoms with Gasteiger partial charge in [-0.25, -0.2) is 4.79 Å². The van der Waals surface area contributed by atoms with Gasteiger partial charge in [0.15, 0.2) is 0 Å². The summed E-state index contributed by atoms with van der Waals surface area (Å²) in [5.74, 6) is 0.00545. The molecule has 31 heavy (non-hydrogen) atoms. The molecule has 2 N–H and O–H groups in total. The van der Waals surface area contributed by atoms with Crippen LogP contribution in [0, 0.1) is 6.92 Å². The van der Waals surface area contributed by atoms with Gasteiger partial charge in [0.1, 0.15) is 5.75 Å². The van der Waals surface area contributed by atoms with Crippen molar-refractivity contribution in [3.05, 3.63) is 59.3 Å². The Morgan fingerprint density at radius 1 is 1.23 bits per heavy atom. The van der Waals surface area contributed by atoms with E-state index in [1.54, 1.807) is 19.2 Å². The molecule has 0 radical (unpaired) electrons. The van der Waals surface area contributed by atoms with Crippen LogP contribution in [0.5, 0.6) is 5.75 Å². The average Bonchev–Trinajstić information content (AvgIpc) is 3.27. The van der Waals surface area contributed by atoms with E-state index in [0.717, 1.165) is 42.8 Å². The van der Waals surface area contributed by atoms with Gasteiger partial charge in [-0.05, 0) is 75.1 Å². The number of hydrogen-bond acceptors (Lipinski definition) is 4. The number of benzene rings is 2. The van der Waals surface area contributed by atoms with Crippen molar-refractivity contribution in [2.75, 3.05) is 25.2 Å². The summed E-state index contributed by atoms with van der Waals surface area (Å²) in [6.07, 6.45) is 5.00. The van der Waals surface area contributed by atoms with Crippen LogP contribution >= 0.6 is 0 Å². The van der Waals surface area contributed by atoms with E-state index < -0.39 is 5.97 Å². The molecule has 1 fully saturated rings. The number of fused-ring (bicyclic) bond motifs is 1. The summed E-state index contributed by atoms with van der Waals surface area (Å²) >= 11 is 0. The minimum atomic E-state index is -0.909. The quantitative estimate of drug-likeness (QED) is 0.572. The summed E-state index contributed by atoms with van der Waals surface area (Å²) < 4.78 is 11.7. The Labute approximate surface area is 182 Å². The van der Waals surface area contributed by atoms with Crippen LogP contribution in [0.3, 0.4) is 0 Å². The van der Waals surface area contributed by atoms with Gasteiger partial charge in [0.05, 0.1) is 18.8 Å². The Morgan fingerprint density at radius 3 is 2.68 bits per heavy atom. The fraction of sp³-hybridized carbons (Fsp3) is 0.400. The average molecular weight is 423 g/mol. The smallest absolute Gasteiger partial charge is 0.335 e. The monoisotopic (exact) mass is 422 g/mol. The highest BCUT2D eigenvalue weighted by molar-refractivity contribution is 5.89. The number of aryl methyl sites for hydroxylation is 1. The molecule has 1 aliphatic rings. The number of H-pyrrole nitrogens is 1. The van der Waals surface area contributed by atoms with E-state index in [1.165, 1.54) is 16.5 Å². The van der Waals surface area contributed by atoms with Gasteiger partial charge in [-0.3, -0.25) is 0 Å². The number of aromatic nitrogens is 1. The first-order chi connectivity index (χ1) is 15.0. The molecule has 6 heteroatoms.